The van der Waals surface area contributed by atoms with E-state index in [4.69, 9.17) is 0 Å². The molecule has 0 aliphatic rings. The van der Waals surface area contributed by atoms with Crippen LogP contribution in [0.2, 0.25) is 0 Å². The molecule has 0 rings (SSSR count). The molecule has 0 aromatic carbocycles. The highest BCUT2D eigenvalue weighted by Gasteiger charge is 1.92. The molecular formula is C8H10F2. The zero-order valence-corrected chi connectivity index (χ0v) is 6.12. The number of rotatable bonds is 2. The third-order valence-electron chi connectivity index (χ3n) is 0.843. The fourth-order valence-corrected chi connectivity index (χ4v) is 0.330. The summed E-state index contributed by atoms with van der Waals surface area (Å²) in [6.45, 7) is 6.26. The first-order valence-electron chi connectivity index (χ1n) is 2.89. The third kappa shape index (κ3) is 4.01. The van der Waals surface area contributed by atoms with Gasteiger partial charge in [-0.2, -0.15) is 0 Å². The van der Waals surface area contributed by atoms with E-state index in [1.54, 1.807) is 6.92 Å². The Bertz CT molecular complexity index is 183. The van der Waals surface area contributed by atoms with Gasteiger partial charge in [0.1, 0.15) is 5.83 Å². The van der Waals surface area contributed by atoms with E-state index >= 15 is 0 Å². The van der Waals surface area contributed by atoms with E-state index in [9.17, 15) is 8.78 Å². The maximum absolute atomic E-state index is 12.3. The van der Waals surface area contributed by atoms with Crippen molar-refractivity contribution in [3.05, 3.63) is 36.0 Å². The van der Waals surface area contributed by atoms with Gasteiger partial charge in [0.25, 0.3) is 0 Å². The van der Waals surface area contributed by atoms with Gasteiger partial charge in [0.15, 0.2) is 5.83 Å². The molecule has 0 aliphatic heterocycles. The lowest BCUT2D eigenvalue weighted by Crippen LogP contribution is -1.69. The molecule has 0 N–H and O–H groups in total. The van der Waals surface area contributed by atoms with Crippen molar-refractivity contribution in [3.8, 4) is 0 Å². The van der Waals surface area contributed by atoms with Crippen molar-refractivity contribution >= 4 is 0 Å². The minimum Gasteiger partial charge on any atom is -0.209 e. The van der Waals surface area contributed by atoms with Gasteiger partial charge in [0, 0.05) is 0 Å². The highest BCUT2D eigenvalue weighted by atomic mass is 19.2. The molecule has 0 bridgehead atoms. The normalized spacial score (nSPS) is 13.6. The molecule has 0 amide bonds. The van der Waals surface area contributed by atoms with Gasteiger partial charge in [0.2, 0.25) is 0 Å². The van der Waals surface area contributed by atoms with E-state index < -0.39 is 11.7 Å². The molecule has 0 aromatic rings. The maximum Gasteiger partial charge on any atom is 0.154 e. The molecule has 0 unspecified atom stereocenters. The second kappa shape index (κ2) is 3.99. The smallest absolute Gasteiger partial charge is 0.154 e. The van der Waals surface area contributed by atoms with Crippen molar-refractivity contribution in [2.75, 3.05) is 0 Å². The second-order valence-corrected chi connectivity index (χ2v) is 2.06. The Morgan fingerprint density at radius 1 is 1.20 bits per heavy atom. The van der Waals surface area contributed by atoms with Crippen LogP contribution in [0.4, 0.5) is 8.78 Å². The molecule has 56 valence electrons. The van der Waals surface area contributed by atoms with Gasteiger partial charge in [-0.15, -0.1) is 0 Å². The number of hydrogen-bond acceptors (Lipinski definition) is 0. The van der Waals surface area contributed by atoms with Gasteiger partial charge in [-0.25, -0.2) is 8.78 Å². The van der Waals surface area contributed by atoms with Gasteiger partial charge < -0.3 is 0 Å². The average molecular weight is 144 g/mol. The largest absolute Gasteiger partial charge is 0.209 e. The van der Waals surface area contributed by atoms with Crippen LogP contribution in [0.25, 0.3) is 0 Å². The molecule has 0 saturated carbocycles. The van der Waals surface area contributed by atoms with Gasteiger partial charge in [0.05, 0.1) is 0 Å². The SMILES string of the molecule is C=C(C)/C=C\C(F)=C(/C)F. The van der Waals surface area contributed by atoms with Crippen LogP contribution in [0.1, 0.15) is 13.8 Å². The fourth-order valence-electron chi connectivity index (χ4n) is 0.330. The Labute approximate surface area is 59.6 Å². The van der Waals surface area contributed by atoms with E-state index in [2.05, 4.69) is 6.58 Å². The van der Waals surface area contributed by atoms with Crippen LogP contribution in [0.3, 0.4) is 0 Å². The monoisotopic (exact) mass is 144 g/mol. The number of allylic oxidation sites excluding steroid dienone is 5. The molecule has 0 spiro atoms. The Hall–Kier alpha value is -0.920. The summed E-state index contributed by atoms with van der Waals surface area (Å²) in [5.74, 6) is -1.65. The Morgan fingerprint density at radius 3 is 2.00 bits per heavy atom. The summed E-state index contributed by atoms with van der Waals surface area (Å²) in [5, 5.41) is 0. The van der Waals surface area contributed by atoms with Crippen molar-refractivity contribution in [2.24, 2.45) is 0 Å². The lowest BCUT2D eigenvalue weighted by Gasteiger charge is -1.86. The molecule has 0 nitrogen and oxygen atoms in total. The minimum atomic E-state index is -0.844. The molecule has 0 atom stereocenters. The molecule has 0 aliphatic carbocycles. The summed E-state index contributed by atoms with van der Waals surface area (Å²) in [5.41, 5.74) is 0.691. The first-order valence-corrected chi connectivity index (χ1v) is 2.89. The van der Waals surface area contributed by atoms with Crippen molar-refractivity contribution in [2.45, 2.75) is 13.8 Å². The zero-order chi connectivity index (χ0) is 8.15. The lowest BCUT2D eigenvalue weighted by atomic mass is 10.3. The van der Waals surface area contributed by atoms with E-state index in [0.29, 0.717) is 5.57 Å². The van der Waals surface area contributed by atoms with Gasteiger partial charge in [-0.1, -0.05) is 18.2 Å². The standard InChI is InChI=1S/C8H10F2/c1-6(2)4-5-8(10)7(3)9/h4-5H,1H2,2-3H3/b5-4-,8-7-. The van der Waals surface area contributed by atoms with Gasteiger partial charge in [-0.3, -0.25) is 0 Å². The molecule has 0 aromatic heterocycles. The number of hydrogen-bond donors (Lipinski definition) is 0. The fraction of sp³-hybridized carbons (Fsp3) is 0.250. The topological polar surface area (TPSA) is 0 Å². The molecule has 0 fully saturated rings. The van der Waals surface area contributed by atoms with Crippen LogP contribution in [-0.2, 0) is 0 Å². The maximum atomic E-state index is 12.3. The number of halogens is 2. The predicted octanol–water partition coefficient (Wildman–Crippen LogP) is 3.29. The zero-order valence-electron chi connectivity index (χ0n) is 6.12. The van der Waals surface area contributed by atoms with Crippen LogP contribution in [0, 0.1) is 0 Å². The molecule has 10 heavy (non-hydrogen) atoms. The molecule has 0 saturated heterocycles. The first-order chi connectivity index (χ1) is 4.54. The van der Waals surface area contributed by atoms with Crippen LogP contribution >= 0.6 is 0 Å². The molecule has 0 heterocycles. The van der Waals surface area contributed by atoms with Crippen molar-refractivity contribution < 1.29 is 8.78 Å². The summed E-state index contributed by atoms with van der Waals surface area (Å²) in [6, 6.07) is 0. The van der Waals surface area contributed by atoms with Gasteiger partial charge >= 0.3 is 0 Å². The van der Waals surface area contributed by atoms with Crippen LogP contribution < -0.4 is 0 Å². The minimum absolute atomic E-state index is 0.691. The lowest BCUT2D eigenvalue weighted by molar-refractivity contribution is 0.555. The van der Waals surface area contributed by atoms with Crippen molar-refractivity contribution in [3.63, 3.8) is 0 Å². The molecule has 2 heteroatoms. The van der Waals surface area contributed by atoms with E-state index in [1.807, 2.05) is 0 Å². The summed E-state index contributed by atoms with van der Waals surface area (Å²) in [7, 11) is 0. The van der Waals surface area contributed by atoms with Gasteiger partial charge in [-0.05, 0) is 19.9 Å². The second-order valence-electron chi connectivity index (χ2n) is 2.06. The molecular weight excluding hydrogens is 134 g/mol. The van der Waals surface area contributed by atoms with Crippen LogP contribution in [-0.4, -0.2) is 0 Å². The van der Waals surface area contributed by atoms with Crippen molar-refractivity contribution in [1.29, 1.82) is 0 Å². The quantitative estimate of drug-likeness (QED) is 0.521. The molecule has 0 radical (unpaired) electrons. The third-order valence-corrected chi connectivity index (χ3v) is 0.843. The Balaban J connectivity index is 4.16. The van der Waals surface area contributed by atoms with E-state index in [0.717, 1.165) is 13.0 Å². The highest BCUT2D eigenvalue weighted by molar-refractivity contribution is 5.21. The van der Waals surface area contributed by atoms with Crippen LogP contribution in [0.15, 0.2) is 36.0 Å². The summed E-state index contributed by atoms with van der Waals surface area (Å²) < 4.78 is 24.2. The predicted molar refractivity (Wildman–Crippen MR) is 38.9 cm³/mol. The summed E-state index contributed by atoms with van der Waals surface area (Å²) in [6.07, 6.45) is 2.47. The van der Waals surface area contributed by atoms with E-state index in [-0.39, 0.29) is 0 Å². The Kier molecular flexibility index (Phi) is 3.62. The van der Waals surface area contributed by atoms with Crippen LogP contribution in [0.5, 0.6) is 0 Å². The van der Waals surface area contributed by atoms with Crippen molar-refractivity contribution in [1.82, 2.24) is 0 Å². The highest BCUT2D eigenvalue weighted by Crippen LogP contribution is 2.08. The summed E-state index contributed by atoms with van der Waals surface area (Å²) in [4.78, 5) is 0. The van der Waals surface area contributed by atoms with E-state index in [1.165, 1.54) is 6.08 Å². The summed E-state index contributed by atoms with van der Waals surface area (Å²) >= 11 is 0. The first kappa shape index (κ1) is 9.08. The average Bonchev–Trinajstić information content (AvgIpc) is 1.82. The Morgan fingerprint density at radius 2 is 1.70 bits per heavy atom.